The third kappa shape index (κ3) is 2.33. The third-order valence-electron chi connectivity index (χ3n) is 4.37. The van der Waals surface area contributed by atoms with Crippen LogP contribution in [0, 0.1) is 0 Å². The summed E-state index contributed by atoms with van der Waals surface area (Å²) in [6, 6.07) is 15.2. The van der Waals surface area contributed by atoms with Gasteiger partial charge in [0.05, 0.1) is 5.39 Å². The number of hydrogen-bond acceptors (Lipinski definition) is 4. The first-order valence-corrected chi connectivity index (χ1v) is 9.25. The summed E-state index contributed by atoms with van der Waals surface area (Å²) in [6.45, 7) is 2.39. The molecule has 2 aromatic carbocycles. The molecule has 0 aliphatic carbocycles. The minimum Gasteiger partial charge on any atom is -0.492 e. The Morgan fingerprint density at radius 3 is 2.40 bits per heavy atom. The molecule has 1 N–H and O–H groups in total. The molecular weight excluding hydrogens is 334 g/mol. The molecule has 0 bridgehead atoms. The Bertz CT molecular complexity index is 1140. The summed E-state index contributed by atoms with van der Waals surface area (Å²) in [4.78, 5) is 18.4. The minimum atomic E-state index is -0.0926. The lowest BCUT2D eigenvalue weighted by Gasteiger charge is -2.12. The maximum atomic E-state index is 12.9. The number of nitrogens with zero attached hydrogens (tertiary/aromatic N) is 3. The highest BCUT2D eigenvalue weighted by Crippen LogP contribution is 2.31. The molecule has 0 saturated carbocycles. The fourth-order valence-electron chi connectivity index (χ4n) is 3.19. The maximum absolute atomic E-state index is 12.9. The smallest absolute Gasteiger partial charge is 0.273 e. The topological polar surface area (TPSA) is 59.5 Å². The van der Waals surface area contributed by atoms with E-state index in [1.54, 1.807) is 27.0 Å². The van der Waals surface area contributed by atoms with Gasteiger partial charge >= 0.3 is 0 Å². The molecule has 5 nitrogen and oxygen atoms in total. The zero-order chi connectivity index (χ0) is 17.6. The van der Waals surface area contributed by atoms with E-state index in [1.807, 2.05) is 55.6 Å². The first-order valence-electron chi connectivity index (χ1n) is 8.03. The molecule has 4 aromatic rings. The zero-order valence-electron chi connectivity index (χ0n) is 13.9. The third-order valence-corrected chi connectivity index (χ3v) is 5.12. The Morgan fingerprint density at radius 2 is 1.76 bits per heavy atom. The van der Waals surface area contributed by atoms with E-state index in [4.69, 9.17) is 0 Å². The number of hydrogen-bond donors (Lipinski definition) is 1. The summed E-state index contributed by atoms with van der Waals surface area (Å²) in [7, 11) is 0. The van der Waals surface area contributed by atoms with E-state index in [0.29, 0.717) is 28.7 Å². The predicted octanol–water partition coefficient (Wildman–Crippen LogP) is 3.76. The highest BCUT2D eigenvalue weighted by molar-refractivity contribution is 7.98. The standard InChI is InChI=1S/C19H17N3O2S/c1-3-21-19(24)15-7-5-4-6-14(15)16-18(23)20-17(22(16)21)12-8-10-13(25-2)11-9-12/h4-11,23H,3H2,1-2H3. The fraction of sp³-hybridized carbons (Fsp3) is 0.158. The van der Waals surface area contributed by atoms with Crippen molar-refractivity contribution in [3.63, 3.8) is 0 Å². The second-order valence-electron chi connectivity index (χ2n) is 5.71. The van der Waals surface area contributed by atoms with Gasteiger partial charge in [0, 0.05) is 22.4 Å². The van der Waals surface area contributed by atoms with Gasteiger partial charge in [-0.1, -0.05) is 30.3 Å². The Hall–Kier alpha value is -2.73. The van der Waals surface area contributed by atoms with Gasteiger partial charge in [0.15, 0.2) is 5.82 Å². The second-order valence-corrected chi connectivity index (χ2v) is 6.59. The van der Waals surface area contributed by atoms with Crippen LogP contribution < -0.4 is 5.56 Å². The van der Waals surface area contributed by atoms with Crippen LogP contribution in [0.3, 0.4) is 0 Å². The van der Waals surface area contributed by atoms with Crippen molar-refractivity contribution in [2.45, 2.75) is 18.4 Å². The van der Waals surface area contributed by atoms with Crippen molar-refractivity contribution >= 4 is 28.1 Å². The van der Waals surface area contributed by atoms with Crippen molar-refractivity contribution in [2.75, 3.05) is 6.26 Å². The molecule has 126 valence electrons. The van der Waals surface area contributed by atoms with Gasteiger partial charge in [-0.25, -0.2) is 9.20 Å². The Balaban J connectivity index is 2.15. The summed E-state index contributed by atoms with van der Waals surface area (Å²) in [5, 5.41) is 11.8. The van der Waals surface area contributed by atoms with E-state index in [9.17, 15) is 9.90 Å². The van der Waals surface area contributed by atoms with Crippen LogP contribution in [-0.2, 0) is 6.54 Å². The zero-order valence-corrected chi connectivity index (χ0v) is 14.7. The molecule has 0 atom stereocenters. The van der Waals surface area contributed by atoms with Gasteiger partial charge in [-0.3, -0.25) is 4.79 Å². The Morgan fingerprint density at radius 1 is 1.08 bits per heavy atom. The monoisotopic (exact) mass is 351 g/mol. The van der Waals surface area contributed by atoms with Crippen LogP contribution in [0.1, 0.15) is 6.92 Å². The Kier molecular flexibility index (Phi) is 3.77. The normalized spacial score (nSPS) is 11.4. The van der Waals surface area contributed by atoms with Crippen molar-refractivity contribution < 1.29 is 5.11 Å². The lowest BCUT2D eigenvalue weighted by atomic mass is 10.1. The summed E-state index contributed by atoms with van der Waals surface area (Å²) in [5.74, 6) is 0.493. The van der Waals surface area contributed by atoms with Crippen molar-refractivity contribution in [1.82, 2.24) is 14.2 Å². The van der Waals surface area contributed by atoms with Crippen molar-refractivity contribution in [3.05, 3.63) is 58.9 Å². The van der Waals surface area contributed by atoms with E-state index in [2.05, 4.69) is 4.98 Å². The van der Waals surface area contributed by atoms with Crippen LogP contribution in [0.4, 0.5) is 0 Å². The van der Waals surface area contributed by atoms with Gasteiger partial charge in [0.2, 0.25) is 5.88 Å². The summed E-state index contributed by atoms with van der Waals surface area (Å²) >= 11 is 1.66. The average molecular weight is 351 g/mol. The number of benzene rings is 2. The van der Waals surface area contributed by atoms with Crippen LogP contribution in [0.2, 0.25) is 0 Å². The molecule has 0 aliphatic rings. The van der Waals surface area contributed by atoms with Crippen LogP contribution in [-0.4, -0.2) is 25.5 Å². The predicted molar refractivity (Wildman–Crippen MR) is 102 cm³/mol. The summed E-state index contributed by atoms with van der Waals surface area (Å²) < 4.78 is 3.34. The summed E-state index contributed by atoms with van der Waals surface area (Å²) in [6.07, 6.45) is 2.02. The molecular formula is C19H17N3O2S. The molecule has 0 amide bonds. The first-order chi connectivity index (χ1) is 12.2. The molecule has 0 aliphatic heterocycles. The molecule has 0 radical (unpaired) electrons. The molecule has 2 heterocycles. The van der Waals surface area contributed by atoms with Gasteiger partial charge < -0.3 is 5.11 Å². The van der Waals surface area contributed by atoms with Crippen LogP contribution in [0.25, 0.3) is 27.7 Å². The van der Waals surface area contributed by atoms with Crippen molar-refractivity contribution in [2.24, 2.45) is 0 Å². The molecule has 0 fully saturated rings. The molecule has 25 heavy (non-hydrogen) atoms. The van der Waals surface area contributed by atoms with Crippen molar-refractivity contribution in [3.8, 4) is 17.3 Å². The van der Waals surface area contributed by atoms with Crippen LogP contribution in [0.15, 0.2) is 58.2 Å². The van der Waals surface area contributed by atoms with Gasteiger partial charge in [-0.15, -0.1) is 11.8 Å². The van der Waals surface area contributed by atoms with E-state index in [1.165, 1.54) is 0 Å². The lowest BCUT2D eigenvalue weighted by Crippen LogP contribution is -2.26. The number of aryl methyl sites for hydroxylation is 1. The molecule has 6 heteroatoms. The van der Waals surface area contributed by atoms with Crippen molar-refractivity contribution in [1.29, 1.82) is 0 Å². The minimum absolute atomic E-state index is 0.0673. The summed E-state index contributed by atoms with van der Waals surface area (Å²) in [5.41, 5.74) is 1.32. The second kappa shape index (κ2) is 5.97. The number of thioether (sulfide) groups is 1. The highest BCUT2D eigenvalue weighted by Gasteiger charge is 2.19. The van der Waals surface area contributed by atoms with Crippen LogP contribution in [0.5, 0.6) is 5.88 Å². The fourth-order valence-corrected chi connectivity index (χ4v) is 3.60. The van der Waals surface area contributed by atoms with E-state index >= 15 is 0 Å². The molecule has 4 rings (SSSR count). The van der Waals surface area contributed by atoms with E-state index in [0.717, 1.165) is 10.5 Å². The van der Waals surface area contributed by atoms with Crippen LogP contribution >= 0.6 is 11.8 Å². The molecule has 0 saturated heterocycles. The maximum Gasteiger partial charge on any atom is 0.273 e. The van der Waals surface area contributed by atoms with E-state index < -0.39 is 0 Å². The lowest BCUT2D eigenvalue weighted by molar-refractivity contribution is 0.462. The van der Waals surface area contributed by atoms with Gasteiger partial charge in [0.1, 0.15) is 5.52 Å². The largest absolute Gasteiger partial charge is 0.492 e. The first kappa shape index (κ1) is 15.8. The van der Waals surface area contributed by atoms with Gasteiger partial charge in [-0.05, 0) is 31.4 Å². The highest BCUT2D eigenvalue weighted by atomic mass is 32.2. The van der Waals surface area contributed by atoms with Gasteiger partial charge in [0.25, 0.3) is 5.56 Å². The number of imidazole rings is 1. The molecule has 0 spiro atoms. The van der Waals surface area contributed by atoms with Gasteiger partial charge in [-0.2, -0.15) is 4.98 Å². The number of aromatic nitrogens is 3. The number of rotatable bonds is 3. The SMILES string of the molecule is CCn1c(=O)c2ccccc2c2c(O)nc(-c3ccc(SC)cc3)n21. The average Bonchev–Trinajstić information content (AvgIpc) is 3.00. The molecule has 0 unspecified atom stereocenters. The quantitative estimate of drug-likeness (QED) is 0.571. The number of aromatic hydroxyl groups is 1. The molecule has 2 aromatic heterocycles. The number of fused-ring (bicyclic) bond motifs is 3. The Labute approximate surface area is 148 Å². The van der Waals surface area contributed by atoms with E-state index in [-0.39, 0.29) is 11.4 Å².